The van der Waals surface area contributed by atoms with Crippen molar-refractivity contribution >= 4 is 22.7 Å². The zero-order valence-corrected chi connectivity index (χ0v) is 29.7. The molecule has 0 saturated carbocycles. The third-order valence-corrected chi connectivity index (χ3v) is 9.38. The Hall–Kier alpha value is -3.12. The number of hydrogen-bond acceptors (Lipinski definition) is 2. The van der Waals surface area contributed by atoms with E-state index in [-0.39, 0.29) is 17.9 Å². The lowest BCUT2D eigenvalue weighted by atomic mass is 10.0. The molecule has 1 aromatic heterocycles. The SMILES string of the molecule is CCCCCCCCCCCCCCCCNC(=O)[C@H](Cc1ccccc1)NC(=O)C(Cc1cn(C)c2ccccc12)[N+](C)(C)C. The molecule has 6 heteroatoms. The summed E-state index contributed by atoms with van der Waals surface area (Å²) < 4.78 is 2.59. The van der Waals surface area contributed by atoms with Crippen LogP contribution in [0.1, 0.15) is 108 Å². The highest BCUT2D eigenvalue weighted by atomic mass is 16.2. The predicted octanol–water partition coefficient (Wildman–Crippen LogP) is 8.12. The van der Waals surface area contributed by atoms with Crippen molar-refractivity contribution in [3.63, 3.8) is 0 Å². The van der Waals surface area contributed by atoms with Gasteiger partial charge in [0.25, 0.3) is 5.91 Å². The van der Waals surface area contributed by atoms with Gasteiger partial charge in [0.2, 0.25) is 5.91 Å². The standard InChI is InChI=1S/C40H62N4O2/c1-6-7-8-9-10-11-12-13-14-15-16-17-18-24-29-41-39(45)36(30-33-25-20-19-21-26-33)42-40(46)38(44(3,4)5)31-34-32-43(2)37-28-23-22-27-35(34)37/h19-23,25-28,32,36,38H,6-18,24,29-31H2,1-5H3,(H-,41,42,45,46)/p+1/t36-,38?/m0/s1. The summed E-state index contributed by atoms with van der Waals surface area (Å²) in [4.78, 5) is 27.4. The number of unbranched alkanes of at least 4 members (excludes halogenated alkanes) is 13. The number of aromatic nitrogens is 1. The first-order valence-electron chi connectivity index (χ1n) is 18.2. The topological polar surface area (TPSA) is 63.1 Å². The highest BCUT2D eigenvalue weighted by Crippen LogP contribution is 2.24. The fourth-order valence-electron chi connectivity index (χ4n) is 6.50. The number of para-hydroxylation sites is 1. The fraction of sp³-hybridized carbons (Fsp3) is 0.600. The van der Waals surface area contributed by atoms with Crippen molar-refractivity contribution in [2.75, 3.05) is 27.7 Å². The van der Waals surface area contributed by atoms with Crippen LogP contribution in [0.2, 0.25) is 0 Å². The van der Waals surface area contributed by atoms with Gasteiger partial charge in [0.05, 0.1) is 21.1 Å². The minimum Gasteiger partial charge on any atom is -0.354 e. The van der Waals surface area contributed by atoms with Gasteiger partial charge in [-0.3, -0.25) is 9.59 Å². The van der Waals surface area contributed by atoms with E-state index in [2.05, 4.69) is 61.6 Å². The minimum atomic E-state index is -0.622. The first-order chi connectivity index (χ1) is 22.2. The lowest BCUT2D eigenvalue weighted by molar-refractivity contribution is -0.886. The van der Waals surface area contributed by atoms with E-state index in [1.54, 1.807) is 0 Å². The largest absolute Gasteiger partial charge is 0.354 e. The van der Waals surface area contributed by atoms with E-state index in [9.17, 15) is 9.59 Å². The zero-order chi connectivity index (χ0) is 33.2. The maximum atomic E-state index is 13.9. The number of nitrogens with zero attached hydrogens (tertiary/aromatic N) is 2. The molecule has 0 bridgehead atoms. The van der Waals surface area contributed by atoms with E-state index in [1.807, 2.05) is 49.5 Å². The first kappa shape index (κ1) is 37.3. The van der Waals surface area contributed by atoms with Crippen LogP contribution < -0.4 is 10.6 Å². The Morgan fingerprint density at radius 3 is 1.83 bits per heavy atom. The number of aryl methyl sites for hydroxylation is 1. The lowest BCUT2D eigenvalue weighted by Gasteiger charge is -2.34. The predicted molar refractivity (Wildman–Crippen MR) is 194 cm³/mol. The molecule has 3 aromatic rings. The number of fused-ring (bicyclic) bond motifs is 1. The Morgan fingerprint density at radius 2 is 1.24 bits per heavy atom. The van der Waals surface area contributed by atoms with Crippen molar-refractivity contribution in [3.8, 4) is 0 Å². The maximum Gasteiger partial charge on any atom is 0.279 e. The van der Waals surface area contributed by atoms with Gasteiger partial charge in [0.1, 0.15) is 6.04 Å². The number of rotatable bonds is 23. The number of quaternary nitrogens is 1. The molecule has 0 aliphatic rings. The molecule has 0 fully saturated rings. The summed E-state index contributed by atoms with van der Waals surface area (Å²) in [5, 5.41) is 7.49. The summed E-state index contributed by atoms with van der Waals surface area (Å²) in [6.07, 6.45) is 21.5. The Morgan fingerprint density at radius 1 is 0.696 bits per heavy atom. The molecule has 2 atom stereocenters. The molecule has 3 rings (SSSR count). The van der Waals surface area contributed by atoms with Crippen molar-refractivity contribution in [3.05, 3.63) is 71.9 Å². The smallest absolute Gasteiger partial charge is 0.279 e. The van der Waals surface area contributed by atoms with Gasteiger partial charge in [-0.15, -0.1) is 0 Å². The molecular weight excluding hydrogens is 568 g/mol. The molecule has 0 spiro atoms. The number of carbonyl (C=O) groups excluding carboxylic acids is 2. The quantitative estimate of drug-likeness (QED) is 0.0820. The third kappa shape index (κ3) is 12.9. The average molecular weight is 632 g/mol. The number of nitrogens with one attached hydrogen (secondary N) is 2. The van der Waals surface area contributed by atoms with E-state index in [1.165, 1.54) is 82.4 Å². The van der Waals surface area contributed by atoms with Crippen LogP contribution in [0.25, 0.3) is 10.9 Å². The minimum absolute atomic E-state index is 0.0898. The Balaban J connectivity index is 1.47. The van der Waals surface area contributed by atoms with Gasteiger partial charge in [-0.05, 0) is 23.6 Å². The van der Waals surface area contributed by atoms with Crippen LogP contribution in [-0.2, 0) is 29.5 Å². The monoisotopic (exact) mass is 631 g/mol. The maximum absolute atomic E-state index is 13.9. The third-order valence-electron chi connectivity index (χ3n) is 9.38. The van der Waals surface area contributed by atoms with Crippen LogP contribution in [-0.4, -0.2) is 60.6 Å². The van der Waals surface area contributed by atoms with E-state index in [0.717, 1.165) is 29.5 Å². The number of amides is 2. The Bertz CT molecular complexity index is 1290. The van der Waals surface area contributed by atoms with Gasteiger partial charge in [0, 0.05) is 43.5 Å². The second-order valence-electron chi connectivity index (χ2n) is 14.3. The molecule has 254 valence electrons. The molecule has 2 amide bonds. The molecular formula is C40H63N4O2+. The van der Waals surface area contributed by atoms with Crippen molar-refractivity contribution in [1.82, 2.24) is 15.2 Å². The fourth-order valence-corrected chi connectivity index (χ4v) is 6.50. The second-order valence-corrected chi connectivity index (χ2v) is 14.3. The molecule has 0 aliphatic carbocycles. The van der Waals surface area contributed by atoms with E-state index in [0.29, 0.717) is 23.9 Å². The highest BCUT2D eigenvalue weighted by molar-refractivity contribution is 5.90. The number of benzene rings is 2. The summed E-state index contributed by atoms with van der Waals surface area (Å²) in [5.74, 6) is -0.190. The van der Waals surface area contributed by atoms with Crippen molar-refractivity contribution in [2.24, 2.45) is 7.05 Å². The first-order valence-corrected chi connectivity index (χ1v) is 18.2. The highest BCUT2D eigenvalue weighted by Gasteiger charge is 2.35. The molecule has 46 heavy (non-hydrogen) atoms. The van der Waals surface area contributed by atoms with E-state index < -0.39 is 6.04 Å². The van der Waals surface area contributed by atoms with Gasteiger partial charge in [0.15, 0.2) is 6.04 Å². The van der Waals surface area contributed by atoms with Crippen LogP contribution in [0.4, 0.5) is 0 Å². The number of likely N-dealkylation sites (N-methyl/N-ethyl adjacent to an activating group) is 1. The normalized spacial score (nSPS) is 13.1. The molecule has 0 aliphatic heterocycles. The zero-order valence-electron chi connectivity index (χ0n) is 29.7. The molecule has 6 nitrogen and oxygen atoms in total. The van der Waals surface area contributed by atoms with Crippen LogP contribution in [0.3, 0.4) is 0 Å². The molecule has 2 N–H and O–H groups in total. The molecule has 2 aromatic carbocycles. The van der Waals surface area contributed by atoms with Gasteiger partial charge in [-0.2, -0.15) is 0 Å². The van der Waals surface area contributed by atoms with Crippen molar-refractivity contribution < 1.29 is 14.1 Å². The van der Waals surface area contributed by atoms with Crippen LogP contribution in [0.5, 0.6) is 0 Å². The number of carbonyl (C=O) groups is 2. The van der Waals surface area contributed by atoms with Gasteiger partial charge < -0.3 is 19.7 Å². The van der Waals surface area contributed by atoms with Crippen molar-refractivity contribution in [1.29, 1.82) is 0 Å². The number of hydrogen-bond donors (Lipinski definition) is 2. The Labute approximate surface area is 279 Å². The second kappa shape index (κ2) is 20.2. The van der Waals surface area contributed by atoms with E-state index >= 15 is 0 Å². The summed E-state index contributed by atoms with van der Waals surface area (Å²) in [6, 6.07) is 17.3. The van der Waals surface area contributed by atoms with Gasteiger partial charge >= 0.3 is 0 Å². The summed E-state index contributed by atoms with van der Waals surface area (Å²) in [5.41, 5.74) is 3.34. The summed E-state index contributed by atoms with van der Waals surface area (Å²) in [7, 11) is 8.21. The van der Waals surface area contributed by atoms with Crippen molar-refractivity contribution in [2.45, 2.75) is 122 Å². The summed E-state index contributed by atoms with van der Waals surface area (Å²) in [6.45, 7) is 2.92. The Kier molecular flexibility index (Phi) is 16.4. The summed E-state index contributed by atoms with van der Waals surface area (Å²) >= 11 is 0. The van der Waals surface area contributed by atoms with Gasteiger partial charge in [-0.25, -0.2) is 0 Å². The van der Waals surface area contributed by atoms with Crippen LogP contribution >= 0.6 is 0 Å². The molecule has 0 radical (unpaired) electrons. The average Bonchev–Trinajstić information content (AvgIpc) is 3.36. The van der Waals surface area contributed by atoms with Gasteiger partial charge in [-0.1, -0.05) is 139 Å². The lowest BCUT2D eigenvalue weighted by Crippen LogP contribution is -2.59. The van der Waals surface area contributed by atoms with E-state index in [4.69, 9.17) is 0 Å². The van der Waals surface area contributed by atoms with Crippen LogP contribution in [0, 0.1) is 0 Å². The molecule has 1 heterocycles. The molecule has 1 unspecified atom stereocenters. The van der Waals surface area contributed by atoms with Crippen LogP contribution in [0.15, 0.2) is 60.8 Å². The molecule has 0 saturated heterocycles.